The van der Waals surface area contributed by atoms with Gasteiger partial charge >= 0.3 is 0 Å². The van der Waals surface area contributed by atoms with E-state index in [1.54, 1.807) is 17.1 Å². The molecule has 26 heavy (non-hydrogen) atoms. The van der Waals surface area contributed by atoms with E-state index in [0.29, 0.717) is 43.5 Å². The van der Waals surface area contributed by atoms with Crippen molar-refractivity contribution in [2.75, 3.05) is 13.1 Å². The van der Waals surface area contributed by atoms with Crippen LogP contribution in [0.5, 0.6) is 0 Å². The second-order valence-electron chi connectivity index (χ2n) is 6.33. The molecule has 0 spiro atoms. The number of likely N-dealkylation sites (tertiary alicyclic amines) is 1. The van der Waals surface area contributed by atoms with Crippen LogP contribution >= 0.6 is 0 Å². The van der Waals surface area contributed by atoms with Gasteiger partial charge in [0.25, 0.3) is 5.89 Å². The molecule has 0 aromatic carbocycles. The van der Waals surface area contributed by atoms with Gasteiger partial charge in [0, 0.05) is 50.6 Å². The van der Waals surface area contributed by atoms with E-state index in [0.717, 1.165) is 12.8 Å². The Morgan fingerprint density at radius 2 is 2.04 bits per heavy atom. The lowest BCUT2D eigenvalue weighted by Gasteiger charge is -2.30. The highest BCUT2D eigenvalue weighted by atomic mass is 16.4. The first kappa shape index (κ1) is 16.4. The van der Waals surface area contributed by atoms with Crippen molar-refractivity contribution in [1.29, 1.82) is 0 Å². The number of rotatable bonds is 5. The molecular formula is C18H20N6O2. The fourth-order valence-corrected chi connectivity index (χ4v) is 3.17. The number of piperidine rings is 1. The minimum absolute atomic E-state index is 0.165. The topological polar surface area (TPSA) is 89.9 Å². The molecule has 0 bridgehead atoms. The molecule has 0 saturated carbocycles. The Balaban J connectivity index is 1.31. The minimum Gasteiger partial charge on any atom is -0.419 e. The molecule has 8 heteroatoms. The molecule has 1 amide bonds. The Morgan fingerprint density at radius 1 is 1.15 bits per heavy atom. The van der Waals surface area contributed by atoms with Crippen molar-refractivity contribution in [3.05, 3.63) is 48.7 Å². The largest absolute Gasteiger partial charge is 0.419 e. The van der Waals surface area contributed by atoms with E-state index < -0.39 is 0 Å². The molecule has 0 N–H and O–H groups in total. The van der Waals surface area contributed by atoms with Gasteiger partial charge in [-0.1, -0.05) is 6.07 Å². The highest BCUT2D eigenvalue weighted by molar-refractivity contribution is 5.76. The zero-order valence-electron chi connectivity index (χ0n) is 14.4. The molecule has 4 rings (SSSR count). The van der Waals surface area contributed by atoms with Crippen LogP contribution in [0.4, 0.5) is 0 Å². The van der Waals surface area contributed by atoms with Crippen LogP contribution in [0.1, 0.15) is 31.1 Å². The molecule has 8 nitrogen and oxygen atoms in total. The molecule has 1 aliphatic heterocycles. The highest BCUT2D eigenvalue weighted by Crippen LogP contribution is 2.29. The summed E-state index contributed by atoms with van der Waals surface area (Å²) in [6.45, 7) is 2.04. The molecule has 3 aromatic rings. The highest BCUT2D eigenvalue weighted by Gasteiger charge is 2.27. The number of pyridine rings is 1. The Hall–Kier alpha value is -3.03. The normalized spacial score (nSPS) is 15.3. The van der Waals surface area contributed by atoms with Gasteiger partial charge in [-0.3, -0.25) is 14.5 Å². The molecule has 1 aliphatic rings. The molecule has 3 aromatic heterocycles. The third kappa shape index (κ3) is 3.63. The Morgan fingerprint density at radius 3 is 2.77 bits per heavy atom. The van der Waals surface area contributed by atoms with Crippen molar-refractivity contribution >= 4 is 5.91 Å². The van der Waals surface area contributed by atoms with Crippen LogP contribution in [0.3, 0.4) is 0 Å². The van der Waals surface area contributed by atoms with Gasteiger partial charge in [-0.2, -0.15) is 5.10 Å². The smallest absolute Gasteiger partial charge is 0.266 e. The summed E-state index contributed by atoms with van der Waals surface area (Å²) in [5, 5.41) is 12.4. The van der Waals surface area contributed by atoms with E-state index in [4.69, 9.17) is 4.42 Å². The number of hydrogen-bond donors (Lipinski definition) is 0. The van der Waals surface area contributed by atoms with Gasteiger partial charge in [0.1, 0.15) is 5.69 Å². The number of aromatic nitrogens is 5. The SMILES string of the molecule is O=C(CCn1cccn1)N1CCC(c2nnc(-c3ccccn3)o2)CC1. The molecule has 0 unspecified atom stereocenters. The van der Waals surface area contributed by atoms with Gasteiger partial charge in [0.2, 0.25) is 11.8 Å². The molecule has 1 fully saturated rings. The van der Waals surface area contributed by atoms with Crippen LogP contribution in [0.15, 0.2) is 47.3 Å². The first-order valence-corrected chi connectivity index (χ1v) is 8.79. The zero-order chi connectivity index (χ0) is 17.8. The molecule has 1 saturated heterocycles. The predicted octanol–water partition coefficient (Wildman–Crippen LogP) is 2.12. The Bertz CT molecular complexity index is 838. The van der Waals surface area contributed by atoms with Crippen molar-refractivity contribution in [3.8, 4) is 11.6 Å². The summed E-state index contributed by atoms with van der Waals surface area (Å²) in [5.41, 5.74) is 0.678. The van der Waals surface area contributed by atoms with E-state index in [1.165, 1.54) is 0 Å². The van der Waals surface area contributed by atoms with Crippen LogP contribution in [0.25, 0.3) is 11.6 Å². The van der Waals surface area contributed by atoms with Gasteiger partial charge in [0.05, 0.1) is 0 Å². The van der Waals surface area contributed by atoms with Gasteiger partial charge in [-0.05, 0) is 31.0 Å². The quantitative estimate of drug-likeness (QED) is 0.699. The fourth-order valence-electron chi connectivity index (χ4n) is 3.17. The van der Waals surface area contributed by atoms with Crippen molar-refractivity contribution in [2.45, 2.75) is 31.7 Å². The van der Waals surface area contributed by atoms with E-state index >= 15 is 0 Å². The third-order valence-corrected chi connectivity index (χ3v) is 4.64. The molecule has 134 valence electrons. The predicted molar refractivity (Wildman–Crippen MR) is 92.9 cm³/mol. The lowest BCUT2D eigenvalue weighted by atomic mass is 9.96. The van der Waals surface area contributed by atoms with E-state index in [2.05, 4.69) is 20.3 Å². The summed E-state index contributed by atoms with van der Waals surface area (Å²) in [7, 11) is 0. The van der Waals surface area contributed by atoms with Crippen LogP contribution in [0.2, 0.25) is 0 Å². The van der Waals surface area contributed by atoms with Gasteiger partial charge in [0.15, 0.2) is 0 Å². The maximum absolute atomic E-state index is 12.4. The van der Waals surface area contributed by atoms with Crippen molar-refractivity contribution in [1.82, 2.24) is 29.9 Å². The standard InChI is InChI=1S/C18H20N6O2/c25-16(7-13-24-10-3-9-20-24)23-11-5-14(6-12-23)17-21-22-18(26-17)15-4-1-2-8-19-15/h1-4,8-10,14H,5-7,11-13H2. The van der Waals surface area contributed by atoms with E-state index in [1.807, 2.05) is 35.4 Å². The van der Waals surface area contributed by atoms with Gasteiger partial charge in [-0.15, -0.1) is 10.2 Å². The average molecular weight is 352 g/mol. The Kier molecular flexibility index (Phi) is 4.72. The minimum atomic E-state index is 0.165. The fraction of sp³-hybridized carbons (Fsp3) is 0.389. The molecular weight excluding hydrogens is 332 g/mol. The number of hydrogen-bond acceptors (Lipinski definition) is 6. The van der Waals surface area contributed by atoms with E-state index in [9.17, 15) is 4.79 Å². The van der Waals surface area contributed by atoms with Crippen molar-refractivity contribution in [2.24, 2.45) is 0 Å². The van der Waals surface area contributed by atoms with Crippen molar-refractivity contribution < 1.29 is 9.21 Å². The number of carbonyl (C=O) groups is 1. The maximum atomic E-state index is 12.4. The number of aryl methyl sites for hydroxylation is 1. The monoisotopic (exact) mass is 352 g/mol. The molecule has 0 aliphatic carbocycles. The lowest BCUT2D eigenvalue weighted by molar-refractivity contribution is -0.132. The van der Waals surface area contributed by atoms with Crippen LogP contribution in [-0.2, 0) is 11.3 Å². The number of amides is 1. The molecule has 0 radical (unpaired) electrons. The summed E-state index contributed by atoms with van der Waals surface area (Å²) < 4.78 is 7.58. The lowest BCUT2D eigenvalue weighted by Crippen LogP contribution is -2.38. The van der Waals surface area contributed by atoms with Gasteiger partial charge in [-0.25, -0.2) is 0 Å². The third-order valence-electron chi connectivity index (χ3n) is 4.64. The van der Waals surface area contributed by atoms with Crippen LogP contribution in [-0.4, -0.2) is 48.9 Å². The van der Waals surface area contributed by atoms with Gasteiger partial charge < -0.3 is 9.32 Å². The molecule has 0 atom stereocenters. The van der Waals surface area contributed by atoms with Crippen LogP contribution in [0, 0.1) is 0 Å². The summed E-state index contributed by atoms with van der Waals surface area (Å²) in [5.74, 6) is 1.43. The molecule has 4 heterocycles. The summed E-state index contributed by atoms with van der Waals surface area (Å²) in [4.78, 5) is 18.5. The van der Waals surface area contributed by atoms with E-state index in [-0.39, 0.29) is 11.8 Å². The summed E-state index contributed by atoms with van der Waals surface area (Å²) in [6.07, 6.45) is 7.42. The second kappa shape index (κ2) is 7.47. The number of nitrogens with zero attached hydrogens (tertiary/aromatic N) is 6. The number of carbonyl (C=O) groups excluding carboxylic acids is 1. The zero-order valence-corrected chi connectivity index (χ0v) is 14.4. The van der Waals surface area contributed by atoms with Crippen LogP contribution < -0.4 is 0 Å². The first-order chi connectivity index (χ1) is 12.8. The second-order valence-corrected chi connectivity index (χ2v) is 6.33. The first-order valence-electron chi connectivity index (χ1n) is 8.79. The summed E-state index contributed by atoms with van der Waals surface area (Å²) >= 11 is 0. The average Bonchev–Trinajstić information content (AvgIpc) is 3.39. The Labute approximate surface area is 150 Å². The summed E-state index contributed by atoms with van der Waals surface area (Å²) in [6, 6.07) is 7.44. The maximum Gasteiger partial charge on any atom is 0.266 e. The van der Waals surface area contributed by atoms with Crippen molar-refractivity contribution in [3.63, 3.8) is 0 Å².